The first kappa shape index (κ1) is 27.8. The van der Waals surface area contributed by atoms with Gasteiger partial charge in [-0.05, 0) is 56.7 Å². The fraction of sp³-hybridized carbons (Fsp3) is 0.333. The average molecular weight is 547 g/mol. The summed E-state index contributed by atoms with van der Waals surface area (Å²) in [7, 11) is 0. The summed E-state index contributed by atoms with van der Waals surface area (Å²) in [5.41, 5.74) is 0.150. The monoisotopic (exact) mass is 546 g/mol. The Morgan fingerprint density at radius 1 is 1.10 bits per heavy atom. The van der Waals surface area contributed by atoms with Crippen LogP contribution in [0, 0.1) is 12.7 Å². The highest BCUT2D eigenvalue weighted by molar-refractivity contribution is 6.05. The molecule has 0 saturated heterocycles. The van der Waals surface area contributed by atoms with Gasteiger partial charge in [0, 0.05) is 23.6 Å². The lowest BCUT2D eigenvalue weighted by atomic mass is 9.81. The molecule has 4 rings (SSSR count). The second-order valence-electron chi connectivity index (χ2n) is 8.93. The average Bonchev–Trinajstić information content (AvgIpc) is 3.19. The van der Waals surface area contributed by atoms with Gasteiger partial charge in [0.1, 0.15) is 24.2 Å². The fourth-order valence-electron chi connectivity index (χ4n) is 4.79. The zero-order valence-electron chi connectivity index (χ0n) is 21.4. The fourth-order valence-corrected chi connectivity index (χ4v) is 4.79. The molecule has 0 unspecified atom stereocenters. The van der Waals surface area contributed by atoms with Crippen LogP contribution in [0.15, 0.2) is 48.5 Å². The van der Waals surface area contributed by atoms with Crippen LogP contribution < -0.4 is 10.2 Å². The summed E-state index contributed by atoms with van der Waals surface area (Å²) in [5.74, 6) is -3.08. The number of fused-ring (bicyclic) bond motifs is 1. The normalized spacial score (nSPS) is 17.1. The summed E-state index contributed by atoms with van der Waals surface area (Å²) in [5, 5.41) is 7.07. The van der Waals surface area contributed by atoms with Crippen molar-refractivity contribution in [2.24, 2.45) is 0 Å². The molecule has 1 aliphatic heterocycles. The molecule has 12 heteroatoms. The molecule has 39 heavy (non-hydrogen) atoms. The van der Waals surface area contributed by atoms with Crippen LogP contribution in [0.5, 0.6) is 0 Å². The summed E-state index contributed by atoms with van der Waals surface area (Å²) in [4.78, 5) is 40.7. The Morgan fingerprint density at radius 3 is 2.41 bits per heavy atom. The molecule has 0 spiro atoms. The van der Waals surface area contributed by atoms with Crippen LogP contribution in [-0.4, -0.2) is 46.8 Å². The van der Waals surface area contributed by atoms with Crippen molar-refractivity contribution in [2.45, 2.75) is 45.5 Å². The Labute approximate surface area is 221 Å². The number of hydrogen-bond acceptors (Lipinski definition) is 5. The van der Waals surface area contributed by atoms with Gasteiger partial charge in [0.05, 0.1) is 17.9 Å². The first-order valence-electron chi connectivity index (χ1n) is 12.2. The molecule has 0 aliphatic carbocycles. The number of ether oxygens (including phenoxy) is 1. The van der Waals surface area contributed by atoms with E-state index >= 15 is 0 Å². The minimum atomic E-state index is -4.66. The summed E-state index contributed by atoms with van der Waals surface area (Å²) in [6.45, 7) is 5.05. The maximum Gasteiger partial charge on any atom is 0.416 e. The molecule has 206 valence electrons. The Morgan fingerprint density at radius 2 is 1.79 bits per heavy atom. The van der Waals surface area contributed by atoms with E-state index in [4.69, 9.17) is 4.74 Å². The van der Waals surface area contributed by atoms with Crippen molar-refractivity contribution in [2.75, 3.05) is 18.1 Å². The molecule has 8 nitrogen and oxygen atoms in total. The van der Waals surface area contributed by atoms with Gasteiger partial charge >= 0.3 is 12.1 Å². The predicted octanol–water partition coefficient (Wildman–Crippen LogP) is 4.21. The molecule has 1 N–H and O–H groups in total. The van der Waals surface area contributed by atoms with Crippen molar-refractivity contribution < 1.29 is 36.7 Å². The molecule has 2 heterocycles. The molecule has 0 fully saturated rings. The minimum Gasteiger partial charge on any atom is -0.465 e. The van der Waals surface area contributed by atoms with E-state index in [2.05, 4.69) is 10.4 Å². The number of anilines is 1. The van der Waals surface area contributed by atoms with Gasteiger partial charge in [-0.15, -0.1) is 0 Å². The van der Waals surface area contributed by atoms with Gasteiger partial charge in [-0.1, -0.05) is 18.2 Å². The molecule has 3 aromatic rings. The number of carbonyl (C=O) groups excluding carboxylic acids is 3. The number of alkyl halides is 3. The zero-order valence-corrected chi connectivity index (χ0v) is 21.4. The maximum absolute atomic E-state index is 13.8. The van der Waals surface area contributed by atoms with E-state index in [-0.39, 0.29) is 25.3 Å². The number of benzene rings is 2. The molecule has 0 radical (unpaired) electrons. The number of amides is 2. The van der Waals surface area contributed by atoms with E-state index < -0.39 is 47.3 Å². The Hall–Kier alpha value is -4.22. The van der Waals surface area contributed by atoms with Crippen LogP contribution in [0.2, 0.25) is 0 Å². The number of hydrogen-bond donors (Lipinski definition) is 1. The largest absolute Gasteiger partial charge is 0.465 e. The number of halogens is 4. The van der Waals surface area contributed by atoms with Gasteiger partial charge < -0.3 is 10.1 Å². The van der Waals surface area contributed by atoms with Crippen LogP contribution in [-0.2, 0) is 27.0 Å². The van der Waals surface area contributed by atoms with Crippen molar-refractivity contribution >= 4 is 23.6 Å². The number of rotatable bonds is 7. The molecule has 0 bridgehead atoms. The van der Waals surface area contributed by atoms with Crippen LogP contribution in [0.1, 0.15) is 52.5 Å². The number of nitrogens with zero attached hydrogens (tertiary/aromatic N) is 3. The summed E-state index contributed by atoms with van der Waals surface area (Å²) in [6, 6.07) is 7.95. The summed E-state index contributed by atoms with van der Waals surface area (Å²) in [6.07, 6.45) is -4.66. The molecule has 1 aromatic heterocycles. The molecule has 0 saturated carbocycles. The lowest BCUT2D eigenvalue weighted by Gasteiger charge is -2.38. The lowest BCUT2D eigenvalue weighted by molar-refractivity contribution is -0.144. The molecule has 2 aromatic carbocycles. The second-order valence-corrected chi connectivity index (χ2v) is 8.93. The number of esters is 1. The lowest BCUT2D eigenvalue weighted by Crippen LogP contribution is -2.55. The van der Waals surface area contributed by atoms with E-state index in [9.17, 15) is 31.9 Å². The Balaban J connectivity index is 1.82. The highest BCUT2D eigenvalue weighted by Crippen LogP contribution is 2.42. The third-order valence-electron chi connectivity index (χ3n) is 6.45. The maximum atomic E-state index is 13.8. The van der Waals surface area contributed by atoms with Crippen molar-refractivity contribution in [3.8, 4) is 0 Å². The van der Waals surface area contributed by atoms with Crippen molar-refractivity contribution in [3.63, 3.8) is 0 Å². The highest BCUT2D eigenvalue weighted by Gasteiger charge is 2.45. The summed E-state index contributed by atoms with van der Waals surface area (Å²) < 4.78 is 59.9. The van der Waals surface area contributed by atoms with Gasteiger partial charge in [-0.3, -0.25) is 19.3 Å². The molecular weight excluding hydrogens is 520 g/mol. The zero-order chi connectivity index (χ0) is 28.5. The molecular formula is C27H26F4N4O4. The van der Waals surface area contributed by atoms with Crippen LogP contribution in [0.4, 0.5) is 23.4 Å². The van der Waals surface area contributed by atoms with Gasteiger partial charge in [0.2, 0.25) is 0 Å². The second kappa shape index (κ2) is 10.9. The first-order chi connectivity index (χ1) is 18.5. The van der Waals surface area contributed by atoms with Crippen LogP contribution >= 0.6 is 0 Å². The quantitative estimate of drug-likeness (QED) is 0.354. The van der Waals surface area contributed by atoms with Gasteiger partial charge in [-0.25, -0.2) is 9.07 Å². The van der Waals surface area contributed by atoms with Crippen LogP contribution in [0.3, 0.4) is 0 Å². The van der Waals surface area contributed by atoms with E-state index in [0.29, 0.717) is 28.7 Å². The standard InChI is InChI=1S/C27H26F4N4O4/c1-4-34-25-21(15(3)33-35(25)14-20(36)39-5-2)22(16-9-11-19(28)12-10-16)23(26(34)38)32-24(37)17-7-6-8-18(13-17)27(29,30)31/h6-13,22-23H,4-5,14H2,1-3H3,(H,32,37)/t22-,23-/m0/s1. The molecule has 2 atom stereocenters. The van der Waals surface area contributed by atoms with Gasteiger partial charge in [-0.2, -0.15) is 18.3 Å². The van der Waals surface area contributed by atoms with E-state index in [1.54, 1.807) is 20.8 Å². The predicted molar refractivity (Wildman–Crippen MR) is 133 cm³/mol. The SMILES string of the molecule is CCOC(=O)Cn1nc(C)c2c1N(CC)C(=O)[C@@H](NC(=O)c1cccc(C(F)(F)F)c1)[C@H]2c1ccc(F)cc1. The van der Waals surface area contributed by atoms with E-state index in [1.165, 1.54) is 39.9 Å². The Kier molecular flexibility index (Phi) is 7.75. The van der Waals surface area contributed by atoms with Crippen molar-refractivity contribution in [1.82, 2.24) is 15.1 Å². The smallest absolute Gasteiger partial charge is 0.416 e. The molecule has 2 amide bonds. The topological polar surface area (TPSA) is 93.5 Å². The number of nitrogens with one attached hydrogen (secondary N) is 1. The highest BCUT2D eigenvalue weighted by atomic mass is 19.4. The number of aromatic nitrogens is 2. The number of carbonyl (C=O) groups is 3. The van der Waals surface area contributed by atoms with Crippen molar-refractivity contribution in [3.05, 3.63) is 82.3 Å². The minimum absolute atomic E-state index is 0.145. The third-order valence-corrected chi connectivity index (χ3v) is 6.45. The van der Waals surface area contributed by atoms with Gasteiger partial charge in [0.15, 0.2) is 0 Å². The third kappa shape index (κ3) is 5.50. The van der Waals surface area contributed by atoms with E-state index in [0.717, 1.165) is 12.1 Å². The Bertz CT molecular complexity index is 1400. The summed E-state index contributed by atoms with van der Waals surface area (Å²) >= 11 is 0. The van der Waals surface area contributed by atoms with Crippen LogP contribution in [0.25, 0.3) is 0 Å². The molecule has 1 aliphatic rings. The van der Waals surface area contributed by atoms with Crippen molar-refractivity contribution in [1.29, 1.82) is 0 Å². The number of likely N-dealkylation sites (N-methyl/N-ethyl adjacent to an activating group) is 1. The van der Waals surface area contributed by atoms with E-state index in [1.807, 2.05) is 0 Å². The first-order valence-corrected chi connectivity index (χ1v) is 12.2. The van der Waals surface area contributed by atoms with Gasteiger partial charge in [0.25, 0.3) is 11.8 Å². The number of aryl methyl sites for hydroxylation is 1.